The minimum atomic E-state index is -1.69. The summed E-state index contributed by atoms with van der Waals surface area (Å²) in [7, 11) is -0.362. The number of nitrogens with one attached hydrogen (secondary N) is 1. The van der Waals surface area contributed by atoms with Crippen LogP contribution in [0.4, 0.5) is 10.1 Å². The molecule has 1 N–H and O–H groups in total. The van der Waals surface area contributed by atoms with Crippen LogP contribution < -0.4 is 9.46 Å². The minimum absolute atomic E-state index is 0.270. The lowest BCUT2D eigenvalue weighted by atomic mass is 9.98. The van der Waals surface area contributed by atoms with Gasteiger partial charge >= 0.3 is 5.97 Å². The van der Waals surface area contributed by atoms with Crippen LogP contribution >= 0.6 is 0 Å². The third-order valence-corrected chi connectivity index (χ3v) is 8.30. The fourth-order valence-corrected chi connectivity index (χ4v) is 6.21. The molecule has 3 aliphatic rings. The van der Waals surface area contributed by atoms with E-state index in [4.69, 9.17) is 9.47 Å². The standard InChI is InChI=1S/C25H29FN2O4S/c1-3-28-9-8-15(13-28)10-16-11-18(26)4-7-22(16)33(30)27-21-6-5-19-20-12-17(20)14-32-24(19)23(21)25(29)31-2/h4-7,11,15,17,20,27H,3,8-10,12-14H2,1-2H3/t15-,17?,20?,33?/m1/s1. The van der Waals surface area contributed by atoms with Gasteiger partial charge in [0, 0.05) is 12.5 Å². The first-order valence-electron chi connectivity index (χ1n) is 11.6. The molecule has 3 unspecified atom stereocenters. The molecule has 6 nitrogen and oxygen atoms in total. The molecule has 0 radical (unpaired) electrons. The van der Waals surface area contributed by atoms with Crippen molar-refractivity contribution in [3.05, 3.63) is 52.8 Å². The lowest BCUT2D eigenvalue weighted by Gasteiger charge is -2.22. The van der Waals surface area contributed by atoms with E-state index < -0.39 is 17.0 Å². The number of methoxy groups -OCH3 is 1. The highest BCUT2D eigenvalue weighted by Crippen LogP contribution is 2.55. The number of esters is 1. The average molecular weight is 473 g/mol. The number of carbonyl (C=O) groups excluding carboxylic acids is 1. The molecular formula is C25H29FN2O4S. The zero-order valence-electron chi connectivity index (χ0n) is 18.9. The van der Waals surface area contributed by atoms with Crippen LogP contribution in [-0.4, -0.2) is 48.4 Å². The van der Waals surface area contributed by atoms with Crippen molar-refractivity contribution in [2.75, 3.05) is 38.1 Å². The highest BCUT2D eigenvalue weighted by atomic mass is 32.2. The normalized spacial score (nSPS) is 24.4. The molecule has 2 aliphatic heterocycles. The van der Waals surface area contributed by atoms with Gasteiger partial charge in [0.2, 0.25) is 0 Å². The third-order valence-electron chi connectivity index (χ3n) is 7.09. The van der Waals surface area contributed by atoms with Crippen LogP contribution in [0, 0.1) is 17.7 Å². The smallest absolute Gasteiger partial charge is 0.343 e. The van der Waals surface area contributed by atoms with E-state index in [2.05, 4.69) is 16.5 Å². The molecule has 176 valence electrons. The van der Waals surface area contributed by atoms with Crippen molar-refractivity contribution in [2.24, 2.45) is 11.8 Å². The van der Waals surface area contributed by atoms with Crippen molar-refractivity contribution in [1.82, 2.24) is 4.90 Å². The predicted octanol–water partition coefficient (Wildman–Crippen LogP) is 4.13. The average Bonchev–Trinajstić information content (AvgIpc) is 3.48. The maximum atomic E-state index is 14.1. The van der Waals surface area contributed by atoms with Crippen LogP contribution in [0.3, 0.4) is 0 Å². The van der Waals surface area contributed by atoms with Crippen LogP contribution in [-0.2, 0) is 22.1 Å². The van der Waals surface area contributed by atoms with Crippen molar-refractivity contribution >= 4 is 22.6 Å². The number of likely N-dealkylation sites (tertiary alicyclic amines) is 1. The lowest BCUT2D eigenvalue weighted by Crippen LogP contribution is -2.20. The highest BCUT2D eigenvalue weighted by Gasteiger charge is 2.45. The van der Waals surface area contributed by atoms with Gasteiger partial charge in [0.05, 0.1) is 24.3 Å². The van der Waals surface area contributed by atoms with E-state index >= 15 is 0 Å². The number of rotatable bonds is 7. The Balaban J connectivity index is 1.43. The van der Waals surface area contributed by atoms with E-state index in [-0.39, 0.29) is 11.4 Å². The molecule has 0 amide bonds. The van der Waals surface area contributed by atoms with E-state index in [9.17, 15) is 13.4 Å². The summed E-state index contributed by atoms with van der Waals surface area (Å²) in [4.78, 5) is 15.6. The van der Waals surface area contributed by atoms with Gasteiger partial charge in [0.1, 0.15) is 17.1 Å². The van der Waals surface area contributed by atoms with Crippen molar-refractivity contribution < 1.29 is 22.9 Å². The third kappa shape index (κ3) is 4.38. The zero-order valence-corrected chi connectivity index (χ0v) is 19.8. The molecule has 0 spiro atoms. The van der Waals surface area contributed by atoms with Crippen molar-refractivity contribution in [1.29, 1.82) is 0 Å². The summed E-state index contributed by atoms with van der Waals surface area (Å²) in [5, 5.41) is 0. The van der Waals surface area contributed by atoms with E-state index in [1.54, 1.807) is 12.1 Å². The van der Waals surface area contributed by atoms with E-state index in [0.717, 1.165) is 43.6 Å². The van der Waals surface area contributed by atoms with Crippen LogP contribution in [0.15, 0.2) is 35.2 Å². The maximum absolute atomic E-state index is 14.1. The van der Waals surface area contributed by atoms with Gasteiger partial charge in [-0.15, -0.1) is 0 Å². The highest BCUT2D eigenvalue weighted by molar-refractivity contribution is 7.86. The monoisotopic (exact) mass is 472 g/mol. The molecule has 1 aliphatic carbocycles. The quantitative estimate of drug-likeness (QED) is 0.614. The Bertz CT molecular complexity index is 1110. The van der Waals surface area contributed by atoms with E-state index in [1.165, 1.54) is 19.2 Å². The molecule has 1 saturated heterocycles. The van der Waals surface area contributed by atoms with Gasteiger partial charge in [-0.25, -0.2) is 13.4 Å². The number of carbonyl (C=O) groups is 1. The number of benzene rings is 2. The fourth-order valence-electron chi connectivity index (χ4n) is 5.16. The van der Waals surface area contributed by atoms with E-state index in [0.29, 0.717) is 47.1 Å². The van der Waals surface area contributed by atoms with Crippen LogP contribution in [0.25, 0.3) is 0 Å². The molecule has 33 heavy (non-hydrogen) atoms. The molecule has 5 rings (SSSR count). The topological polar surface area (TPSA) is 67.9 Å². The summed E-state index contributed by atoms with van der Waals surface area (Å²) in [5.74, 6) is 0.971. The molecule has 0 bridgehead atoms. The maximum Gasteiger partial charge on any atom is 0.343 e. The predicted molar refractivity (Wildman–Crippen MR) is 124 cm³/mol. The fraction of sp³-hybridized carbons (Fsp3) is 0.480. The lowest BCUT2D eigenvalue weighted by molar-refractivity contribution is 0.0596. The summed E-state index contributed by atoms with van der Waals surface area (Å²) in [6.45, 7) is 5.71. The van der Waals surface area contributed by atoms with Crippen LogP contribution in [0.1, 0.15) is 47.2 Å². The molecule has 2 aromatic rings. The molecule has 0 aromatic heterocycles. The van der Waals surface area contributed by atoms with Gasteiger partial charge in [-0.3, -0.25) is 0 Å². The van der Waals surface area contributed by atoms with Crippen LogP contribution in [0.5, 0.6) is 5.75 Å². The second-order valence-electron chi connectivity index (χ2n) is 9.19. The number of ether oxygens (including phenoxy) is 2. The summed E-state index contributed by atoms with van der Waals surface area (Å²) >= 11 is 0. The molecule has 2 fully saturated rings. The van der Waals surface area contributed by atoms with Gasteiger partial charge in [0.25, 0.3) is 0 Å². The second kappa shape index (κ2) is 9.06. The number of hydrogen-bond donors (Lipinski definition) is 1. The SMILES string of the molecule is CCN1CC[C@H](Cc2cc(F)ccc2S(=O)Nc2ccc3c(c2C(=O)OC)OCC2CC32)C1. The van der Waals surface area contributed by atoms with Crippen molar-refractivity contribution in [3.63, 3.8) is 0 Å². The molecular weight excluding hydrogens is 443 g/mol. The molecule has 2 aromatic carbocycles. The Morgan fingerprint density at radius 1 is 1.33 bits per heavy atom. The Hall–Kier alpha value is -2.45. The number of fused-ring (bicyclic) bond motifs is 3. The number of anilines is 1. The number of hydrogen-bond acceptors (Lipinski definition) is 5. The van der Waals surface area contributed by atoms with Gasteiger partial charge in [-0.2, -0.15) is 0 Å². The summed E-state index contributed by atoms with van der Waals surface area (Å²) in [6.07, 6.45) is 2.76. The van der Waals surface area contributed by atoms with Crippen molar-refractivity contribution in [2.45, 2.75) is 37.0 Å². The van der Waals surface area contributed by atoms with E-state index in [1.807, 2.05) is 6.07 Å². The molecule has 1 saturated carbocycles. The van der Waals surface area contributed by atoms with Gasteiger partial charge in [-0.05, 0) is 79.6 Å². The first kappa shape index (κ1) is 22.3. The Morgan fingerprint density at radius 3 is 2.94 bits per heavy atom. The molecule has 8 heteroatoms. The second-order valence-corrected chi connectivity index (χ2v) is 10.4. The Labute approximate surface area is 196 Å². The first-order chi connectivity index (χ1) is 16.0. The van der Waals surface area contributed by atoms with Crippen LogP contribution in [0.2, 0.25) is 0 Å². The van der Waals surface area contributed by atoms with Crippen molar-refractivity contribution in [3.8, 4) is 5.75 Å². The molecule has 4 atom stereocenters. The Morgan fingerprint density at radius 2 is 2.18 bits per heavy atom. The number of halogens is 1. The van der Waals surface area contributed by atoms with Gasteiger partial charge < -0.3 is 19.1 Å². The summed E-state index contributed by atoms with van der Waals surface area (Å²) in [5.41, 5.74) is 2.41. The minimum Gasteiger partial charge on any atom is -0.492 e. The number of nitrogens with zero attached hydrogens (tertiary/aromatic N) is 1. The van der Waals surface area contributed by atoms with Gasteiger partial charge in [0.15, 0.2) is 11.0 Å². The van der Waals surface area contributed by atoms with Gasteiger partial charge in [-0.1, -0.05) is 13.0 Å². The largest absolute Gasteiger partial charge is 0.492 e. The summed E-state index contributed by atoms with van der Waals surface area (Å²) < 4.78 is 41.4. The summed E-state index contributed by atoms with van der Waals surface area (Å²) in [6, 6.07) is 8.09. The zero-order chi connectivity index (χ0) is 23.1. The Kier molecular flexibility index (Phi) is 6.14. The first-order valence-corrected chi connectivity index (χ1v) is 12.7. The molecule has 2 heterocycles.